The molecule has 0 saturated carbocycles. The summed E-state index contributed by atoms with van der Waals surface area (Å²) in [4.78, 5) is 38.1. The molecular weight excluding hydrogens is 394 g/mol. The predicted molar refractivity (Wildman–Crippen MR) is 103 cm³/mol. The Morgan fingerprint density at radius 1 is 0.926 bits per heavy atom. The molecule has 0 amide bonds. The van der Waals surface area contributed by atoms with Crippen molar-refractivity contribution in [3.63, 3.8) is 0 Å². The summed E-state index contributed by atoms with van der Waals surface area (Å²) in [5, 5.41) is 0. The summed E-state index contributed by atoms with van der Waals surface area (Å²) in [6, 6.07) is 0. The molecule has 1 unspecified atom stereocenters. The van der Waals surface area contributed by atoms with Crippen molar-refractivity contribution in [1.29, 1.82) is 0 Å². The second kappa shape index (κ2) is 12.4. The highest BCUT2D eigenvalue weighted by Crippen LogP contribution is 2.39. The highest BCUT2D eigenvalue weighted by Gasteiger charge is 2.25. The van der Waals surface area contributed by atoms with Crippen molar-refractivity contribution in [2.24, 2.45) is 10.8 Å². The molecule has 0 heterocycles. The van der Waals surface area contributed by atoms with Gasteiger partial charge < -0.3 is 9.79 Å². The van der Waals surface area contributed by atoms with E-state index in [9.17, 15) is 13.9 Å². The molecule has 0 aliphatic heterocycles. The number of hydrogen-bond donors (Lipinski definition) is 3. The van der Waals surface area contributed by atoms with E-state index in [2.05, 4.69) is 4.52 Å². The van der Waals surface area contributed by atoms with Gasteiger partial charge in [-0.25, -0.2) is 4.57 Å². The Hall–Kier alpha value is -0.200. The normalized spacial score (nSPS) is 13.7. The number of carbonyl (C=O) groups is 1. The molecule has 0 aliphatic rings. The minimum absolute atomic E-state index is 0.0186. The van der Waals surface area contributed by atoms with E-state index in [4.69, 9.17) is 19.2 Å². The molecule has 0 saturated heterocycles. The van der Waals surface area contributed by atoms with Crippen LogP contribution in [0.25, 0.3) is 0 Å². The van der Waals surface area contributed by atoms with E-state index in [1.165, 1.54) is 0 Å². The number of carbonyl (C=O) groups excluding carboxylic acids is 1. The predicted octanol–water partition coefficient (Wildman–Crippen LogP) is 4.50. The fraction of sp³-hybridized carbons (Fsp3) is 0.941. The Morgan fingerprint density at radius 3 is 1.78 bits per heavy atom. The van der Waals surface area contributed by atoms with Crippen LogP contribution >= 0.6 is 16.1 Å². The number of Topliss-reactive ketones (excluding diaryl/α,β-unsaturated/α-hetero) is 1. The minimum atomic E-state index is -4.44. The van der Waals surface area contributed by atoms with Crippen molar-refractivity contribution < 1.29 is 37.7 Å². The average Bonchev–Trinajstić information content (AvgIpc) is 2.52. The van der Waals surface area contributed by atoms with Gasteiger partial charge in [0.1, 0.15) is 12.4 Å². The van der Waals surface area contributed by atoms with Gasteiger partial charge in [-0.1, -0.05) is 40.5 Å². The summed E-state index contributed by atoms with van der Waals surface area (Å²) < 4.78 is 30.6. The van der Waals surface area contributed by atoms with Crippen LogP contribution in [0.1, 0.15) is 79.1 Å². The standard InChI is InChI=1S/C17H34O8P2/c1-16(2,13-24-26(19)20)11-7-5-9-15(18)10-6-8-12-17(3,4)14-25-27(21,22)23/h5-14H2,1-4H3,(H2-,19,20,21,22,23)/p+1. The SMILES string of the molecule is CC(C)(CCCCC(=O)CCCCC(C)(C)COP(=O)(O)O)CO[P+](=O)O. The Balaban J connectivity index is 3.83. The average molecular weight is 429 g/mol. The fourth-order valence-corrected chi connectivity index (χ4v) is 3.59. The number of hydrogen-bond acceptors (Lipinski definition) is 5. The van der Waals surface area contributed by atoms with Gasteiger partial charge in [-0.2, -0.15) is 0 Å². The zero-order chi connectivity index (χ0) is 21.1. The van der Waals surface area contributed by atoms with Gasteiger partial charge in [-0.3, -0.25) is 9.32 Å². The molecule has 0 bridgehead atoms. The molecule has 0 aromatic rings. The van der Waals surface area contributed by atoms with Crippen molar-refractivity contribution in [2.75, 3.05) is 13.2 Å². The lowest BCUT2D eigenvalue weighted by molar-refractivity contribution is -0.119. The third kappa shape index (κ3) is 17.6. The minimum Gasteiger partial charge on any atom is -0.303 e. The molecule has 27 heavy (non-hydrogen) atoms. The van der Waals surface area contributed by atoms with Crippen LogP contribution in [0.2, 0.25) is 0 Å². The van der Waals surface area contributed by atoms with Gasteiger partial charge in [0.2, 0.25) is 0 Å². The maximum Gasteiger partial charge on any atom is 0.694 e. The highest BCUT2D eigenvalue weighted by molar-refractivity contribution is 7.46. The summed E-state index contributed by atoms with van der Waals surface area (Å²) in [6.45, 7) is 7.88. The number of ketones is 1. The van der Waals surface area contributed by atoms with Crippen LogP contribution in [0, 0.1) is 10.8 Å². The quantitative estimate of drug-likeness (QED) is 0.241. The molecule has 0 spiro atoms. The largest absolute Gasteiger partial charge is 0.694 e. The lowest BCUT2D eigenvalue weighted by Crippen LogP contribution is -2.18. The zero-order valence-corrected chi connectivity index (χ0v) is 18.6. The van der Waals surface area contributed by atoms with Crippen molar-refractivity contribution >= 4 is 21.9 Å². The number of phosphoric acid groups is 1. The van der Waals surface area contributed by atoms with Crippen LogP contribution in [0.3, 0.4) is 0 Å². The number of rotatable bonds is 16. The topological polar surface area (TPSA) is 130 Å². The number of unbranched alkanes of at least 4 members (excludes halogenated alkanes) is 2. The van der Waals surface area contributed by atoms with Gasteiger partial charge >= 0.3 is 16.1 Å². The fourth-order valence-electron chi connectivity index (χ4n) is 2.61. The van der Waals surface area contributed by atoms with Crippen LogP contribution in [-0.2, 0) is 23.0 Å². The van der Waals surface area contributed by atoms with E-state index in [-0.39, 0.29) is 29.8 Å². The molecular formula is C17H35O8P2+. The maximum absolute atomic E-state index is 11.9. The molecule has 0 fully saturated rings. The summed E-state index contributed by atoms with van der Waals surface area (Å²) in [5.41, 5.74) is -0.547. The van der Waals surface area contributed by atoms with Gasteiger partial charge in [-0.05, 0) is 36.5 Å². The monoisotopic (exact) mass is 429 g/mol. The first-order chi connectivity index (χ1) is 12.2. The van der Waals surface area contributed by atoms with Crippen LogP contribution in [0.4, 0.5) is 0 Å². The Morgan fingerprint density at radius 2 is 1.37 bits per heavy atom. The van der Waals surface area contributed by atoms with Gasteiger partial charge in [0.25, 0.3) is 0 Å². The molecule has 10 heteroatoms. The van der Waals surface area contributed by atoms with E-state index >= 15 is 0 Å². The van der Waals surface area contributed by atoms with Crippen molar-refractivity contribution in [1.82, 2.24) is 0 Å². The molecule has 0 aromatic carbocycles. The van der Waals surface area contributed by atoms with Crippen molar-refractivity contribution in [3.8, 4) is 0 Å². The van der Waals surface area contributed by atoms with Crippen molar-refractivity contribution in [3.05, 3.63) is 0 Å². The summed E-state index contributed by atoms with van der Waals surface area (Å²) in [7, 11) is -7.01. The van der Waals surface area contributed by atoms with Crippen LogP contribution in [-0.4, -0.2) is 33.7 Å². The lowest BCUT2D eigenvalue weighted by atomic mass is 9.87. The molecule has 0 rings (SSSR count). The van der Waals surface area contributed by atoms with Crippen LogP contribution in [0.15, 0.2) is 0 Å². The van der Waals surface area contributed by atoms with E-state index in [0.717, 1.165) is 38.5 Å². The Bertz CT molecular complexity index is 513. The Kier molecular flexibility index (Phi) is 12.3. The van der Waals surface area contributed by atoms with Crippen LogP contribution < -0.4 is 0 Å². The van der Waals surface area contributed by atoms with Gasteiger partial charge in [0.05, 0.1) is 6.61 Å². The molecule has 160 valence electrons. The lowest BCUT2D eigenvalue weighted by Gasteiger charge is -2.24. The van der Waals surface area contributed by atoms with Gasteiger partial charge in [0.15, 0.2) is 0 Å². The molecule has 0 aromatic heterocycles. The van der Waals surface area contributed by atoms with E-state index in [1.807, 2.05) is 27.7 Å². The van der Waals surface area contributed by atoms with Crippen LogP contribution in [0.5, 0.6) is 0 Å². The molecule has 3 N–H and O–H groups in total. The Labute approximate surface area is 163 Å². The molecule has 0 aliphatic carbocycles. The smallest absolute Gasteiger partial charge is 0.303 e. The van der Waals surface area contributed by atoms with E-state index in [0.29, 0.717) is 12.8 Å². The van der Waals surface area contributed by atoms with E-state index < -0.39 is 16.1 Å². The summed E-state index contributed by atoms with van der Waals surface area (Å²) >= 11 is 0. The van der Waals surface area contributed by atoms with E-state index in [1.54, 1.807) is 0 Å². The molecule has 8 nitrogen and oxygen atoms in total. The summed E-state index contributed by atoms with van der Waals surface area (Å²) in [5.74, 6) is 0.215. The first kappa shape index (κ1) is 26.8. The molecule has 1 atom stereocenters. The van der Waals surface area contributed by atoms with Gasteiger partial charge in [-0.15, -0.1) is 9.42 Å². The summed E-state index contributed by atoms with van der Waals surface area (Å²) in [6.07, 6.45) is 5.77. The third-order valence-electron chi connectivity index (χ3n) is 4.31. The van der Waals surface area contributed by atoms with Gasteiger partial charge in [0, 0.05) is 17.4 Å². The second-order valence-corrected chi connectivity index (χ2v) is 10.5. The second-order valence-electron chi connectivity index (χ2n) is 8.56. The first-order valence-electron chi connectivity index (χ1n) is 9.23. The molecule has 0 radical (unpaired) electrons. The zero-order valence-electron chi connectivity index (χ0n) is 16.8. The number of phosphoric ester groups is 1. The highest BCUT2D eigenvalue weighted by atomic mass is 31.2. The maximum atomic E-state index is 11.9. The first-order valence-corrected chi connectivity index (χ1v) is 11.9. The van der Waals surface area contributed by atoms with Crippen molar-refractivity contribution in [2.45, 2.75) is 79.1 Å². The third-order valence-corrected chi connectivity index (χ3v) is 5.12.